The zero-order valence-electron chi connectivity index (χ0n) is 11.7. The first-order chi connectivity index (χ1) is 10.1. The van der Waals surface area contributed by atoms with Gasteiger partial charge in [-0.1, -0.05) is 48.5 Å². The predicted octanol–water partition coefficient (Wildman–Crippen LogP) is 1.51. The van der Waals surface area contributed by atoms with Gasteiger partial charge in [-0.2, -0.15) is 0 Å². The average Bonchev–Trinajstić information content (AvgIpc) is 2.99. The van der Waals surface area contributed by atoms with Crippen LogP contribution in [0.15, 0.2) is 48.5 Å². The molecule has 2 aliphatic rings. The molecule has 0 radical (unpaired) electrons. The highest BCUT2D eigenvalue weighted by Crippen LogP contribution is 2.41. The largest absolute Gasteiger partial charge is 0.333 e. The number of nitrogens with two attached hydrogens (primary N) is 1. The number of benzene rings is 2. The van der Waals surface area contributed by atoms with E-state index < -0.39 is 9.84 Å². The van der Waals surface area contributed by atoms with Crippen LogP contribution < -0.4 is 5.32 Å². The van der Waals surface area contributed by atoms with Crippen LogP contribution in [0.1, 0.15) is 23.6 Å². The number of rotatable bonds is 2. The Bertz CT molecular complexity index is 752. The van der Waals surface area contributed by atoms with Crippen LogP contribution in [0.4, 0.5) is 0 Å². The van der Waals surface area contributed by atoms with Crippen LogP contribution in [-0.4, -0.2) is 26.0 Å². The lowest BCUT2D eigenvalue weighted by Crippen LogP contribution is -2.91. The van der Waals surface area contributed by atoms with Gasteiger partial charge in [0.25, 0.3) is 0 Å². The van der Waals surface area contributed by atoms with Crippen molar-refractivity contribution >= 4 is 9.84 Å². The fourth-order valence-electron chi connectivity index (χ4n) is 3.65. The van der Waals surface area contributed by atoms with Gasteiger partial charge in [0, 0.05) is 17.5 Å². The van der Waals surface area contributed by atoms with Crippen LogP contribution in [0, 0.1) is 0 Å². The van der Waals surface area contributed by atoms with Gasteiger partial charge in [-0.3, -0.25) is 0 Å². The van der Waals surface area contributed by atoms with Crippen molar-refractivity contribution < 1.29 is 13.7 Å². The van der Waals surface area contributed by atoms with Crippen molar-refractivity contribution in [3.8, 4) is 11.1 Å². The van der Waals surface area contributed by atoms with E-state index in [4.69, 9.17) is 0 Å². The van der Waals surface area contributed by atoms with Crippen LogP contribution >= 0.6 is 0 Å². The van der Waals surface area contributed by atoms with E-state index in [9.17, 15) is 8.42 Å². The molecule has 1 saturated heterocycles. The van der Waals surface area contributed by atoms with Crippen molar-refractivity contribution in [3.63, 3.8) is 0 Å². The van der Waals surface area contributed by atoms with Gasteiger partial charge in [0.2, 0.25) is 0 Å². The van der Waals surface area contributed by atoms with E-state index in [-0.39, 0.29) is 12.1 Å². The van der Waals surface area contributed by atoms with E-state index in [0.29, 0.717) is 11.5 Å². The lowest BCUT2D eigenvalue weighted by atomic mass is 10.0. The zero-order valence-corrected chi connectivity index (χ0v) is 12.5. The fraction of sp³-hybridized carbons (Fsp3) is 0.294. The number of quaternary nitrogens is 1. The molecule has 2 aromatic rings. The molecule has 2 aromatic carbocycles. The van der Waals surface area contributed by atoms with Crippen molar-refractivity contribution in [2.24, 2.45) is 0 Å². The maximum Gasteiger partial charge on any atom is 0.156 e. The summed E-state index contributed by atoms with van der Waals surface area (Å²) in [6.07, 6.45) is 0.767. The minimum absolute atomic E-state index is 0.180. The molecule has 4 rings (SSSR count). The van der Waals surface area contributed by atoms with E-state index in [1.165, 1.54) is 22.3 Å². The quantitative estimate of drug-likeness (QED) is 0.914. The van der Waals surface area contributed by atoms with Gasteiger partial charge in [-0.05, 0) is 11.1 Å². The summed E-state index contributed by atoms with van der Waals surface area (Å²) in [6.45, 7) is 0. The van der Waals surface area contributed by atoms with Gasteiger partial charge in [0.05, 0.1) is 5.75 Å². The van der Waals surface area contributed by atoms with Gasteiger partial charge >= 0.3 is 0 Å². The molecule has 0 saturated carbocycles. The summed E-state index contributed by atoms with van der Waals surface area (Å²) in [6, 6.07) is 17.3. The first-order valence-electron chi connectivity index (χ1n) is 7.38. The summed E-state index contributed by atoms with van der Waals surface area (Å²) < 4.78 is 23.4. The van der Waals surface area contributed by atoms with E-state index in [1.807, 2.05) is 0 Å². The summed E-state index contributed by atoms with van der Waals surface area (Å²) >= 11 is 0. The Kier molecular flexibility index (Phi) is 2.91. The molecule has 0 unspecified atom stereocenters. The van der Waals surface area contributed by atoms with Gasteiger partial charge in [-0.15, -0.1) is 0 Å². The second-order valence-corrected chi connectivity index (χ2v) is 8.24. The molecule has 1 heterocycles. The lowest BCUT2D eigenvalue weighted by molar-refractivity contribution is -0.714. The summed E-state index contributed by atoms with van der Waals surface area (Å²) in [4.78, 5) is 0. The van der Waals surface area contributed by atoms with Crippen LogP contribution in [-0.2, 0) is 9.84 Å². The monoisotopic (exact) mass is 300 g/mol. The molecule has 2 N–H and O–H groups in total. The van der Waals surface area contributed by atoms with Gasteiger partial charge in [-0.25, -0.2) is 8.42 Å². The molecular weight excluding hydrogens is 282 g/mol. The first kappa shape index (κ1) is 13.0. The van der Waals surface area contributed by atoms with Crippen molar-refractivity contribution in [1.29, 1.82) is 0 Å². The summed E-state index contributed by atoms with van der Waals surface area (Å²) in [5.74, 6) is 0.651. The smallest absolute Gasteiger partial charge is 0.156 e. The highest BCUT2D eigenvalue weighted by Gasteiger charge is 2.37. The van der Waals surface area contributed by atoms with Crippen LogP contribution in [0.25, 0.3) is 11.1 Å². The molecule has 0 bridgehead atoms. The Hall–Kier alpha value is -1.65. The third kappa shape index (κ3) is 2.19. The molecule has 3 nitrogen and oxygen atoms in total. The van der Waals surface area contributed by atoms with Crippen LogP contribution in [0.3, 0.4) is 0 Å². The number of sulfone groups is 1. The third-order valence-electron chi connectivity index (χ3n) is 4.61. The Morgan fingerprint density at radius 3 is 2.00 bits per heavy atom. The molecule has 21 heavy (non-hydrogen) atoms. The normalized spacial score (nSPS) is 23.0. The maximum absolute atomic E-state index is 11.7. The minimum atomic E-state index is -2.82. The Morgan fingerprint density at radius 2 is 1.48 bits per heavy atom. The highest BCUT2D eigenvalue weighted by atomic mass is 32.2. The third-order valence-corrected chi connectivity index (χ3v) is 6.41. The number of fused-ring (bicyclic) bond motifs is 3. The van der Waals surface area contributed by atoms with E-state index in [1.54, 1.807) is 0 Å². The fourth-order valence-corrected chi connectivity index (χ4v) is 5.41. The Balaban J connectivity index is 1.72. The molecule has 108 valence electrons. The molecule has 0 spiro atoms. The number of hydrogen-bond donors (Lipinski definition) is 1. The maximum atomic E-state index is 11.7. The van der Waals surface area contributed by atoms with Gasteiger partial charge in [0.15, 0.2) is 9.84 Å². The van der Waals surface area contributed by atoms with Crippen molar-refractivity contribution in [2.75, 3.05) is 11.5 Å². The molecule has 0 amide bonds. The van der Waals surface area contributed by atoms with E-state index in [2.05, 4.69) is 53.8 Å². The molecule has 1 aliphatic carbocycles. The topological polar surface area (TPSA) is 50.8 Å². The van der Waals surface area contributed by atoms with Crippen LogP contribution in [0.5, 0.6) is 0 Å². The summed E-state index contributed by atoms with van der Waals surface area (Å²) in [5.41, 5.74) is 5.19. The van der Waals surface area contributed by atoms with E-state index >= 15 is 0 Å². The predicted molar refractivity (Wildman–Crippen MR) is 82.7 cm³/mol. The molecule has 0 aromatic heterocycles. The van der Waals surface area contributed by atoms with Crippen molar-refractivity contribution in [1.82, 2.24) is 0 Å². The van der Waals surface area contributed by atoms with Gasteiger partial charge < -0.3 is 5.32 Å². The van der Waals surface area contributed by atoms with Crippen LogP contribution in [0.2, 0.25) is 0 Å². The summed E-state index contributed by atoms with van der Waals surface area (Å²) in [7, 11) is -2.82. The zero-order chi connectivity index (χ0) is 14.4. The van der Waals surface area contributed by atoms with Gasteiger partial charge in [0.1, 0.15) is 17.8 Å². The number of hydrogen-bond acceptors (Lipinski definition) is 2. The minimum Gasteiger partial charge on any atom is -0.333 e. The molecule has 1 atom stereocenters. The molecular formula is C17H18NO2S+. The summed E-state index contributed by atoms with van der Waals surface area (Å²) in [5, 5.41) is 2.26. The molecule has 1 aliphatic heterocycles. The van der Waals surface area contributed by atoms with Crippen molar-refractivity contribution in [3.05, 3.63) is 59.7 Å². The highest BCUT2D eigenvalue weighted by molar-refractivity contribution is 7.91. The Labute approximate surface area is 124 Å². The average molecular weight is 300 g/mol. The first-order valence-corrected chi connectivity index (χ1v) is 9.20. The van der Waals surface area contributed by atoms with Crippen molar-refractivity contribution in [2.45, 2.75) is 18.5 Å². The lowest BCUT2D eigenvalue weighted by Gasteiger charge is -2.16. The molecule has 4 heteroatoms. The SMILES string of the molecule is O=S1(=O)CC[C@@H]([NH2+]C2c3ccccc3-c3ccccc32)C1. The Morgan fingerprint density at radius 1 is 0.905 bits per heavy atom. The standard InChI is InChI=1S/C17H17NO2S/c19-21(20)10-9-12(11-21)18-17-15-7-3-1-5-13(15)14-6-2-4-8-16(14)17/h1-8,12,17-18H,9-11H2/p+1/t12-/m1/s1. The van der Waals surface area contributed by atoms with E-state index in [0.717, 1.165) is 6.42 Å². The second-order valence-electron chi connectivity index (χ2n) is 6.01. The second kappa shape index (κ2) is 4.68. The molecule has 1 fully saturated rings.